The van der Waals surface area contributed by atoms with Gasteiger partial charge in [0.15, 0.2) is 0 Å². The lowest BCUT2D eigenvalue weighted by Gasteiger charge is -2.36. The molecule has 3 rings (SSSR count). The Morgan fingerprint density at radius 2 is 1.63 bits per heavy atom. The maximum atomic E-state index is 12.3. The van der Waals surface area contributed by atoms with Crippen LogP contribution in [0.3, 0.4) is 0 Å². The summed E-state index contributed by atoms with van der Waals surface area (Å²) in [5, 5.41) is 0. The van der Waals surface area contributed by atoms with Crippen LogP contribution < -0.4 is 14.4 Å². The van der Waals surface area contributed by atoms with Gasteiger partial charge in [-0.2, -0.15) is 0 Å². The van der Waals surface area contributed by atoms with Gasteiger partial charge in [0.2, 0.25) is 0 Å². The SMILES string of the molecule is CCOC(=O)c1ccccc1N1CCN(CCCCOc2ccc(OC(C)=O)cc2C(C)(C)C)CC1.Cl.Cl. The number of halogens is 2. The van der Waals surface area contributed by atoms with Crippen molar-refractivity contribution >= 4 is 42.4 Å². The summed E-state index contributed by atoms with van der Waals surface area (Å²) in [6.45, 7) is 15.3. The second-order valence-corrected chi connectivity index (χ2v) is 10.1. The Labute approximate surface area is 239 Å². The molecule has 1 aliphatic rings. The van der Waals surface area contributed by atoms with Crippen LogP contribution in [0.5, 0.6) is 11.5 Å². The van der Waals surface area contributed by atoms with Crippen LogP contribution in [-0.2, 0) is 14.9 Å². The van der Waals surface area contributed by atoms with Crippen molar-refractivity contribution in [2.24, 2.45) is 0 Å². The molecular formula is C29H42Cl2N2O5. The van der Waals surface area contributed by atoms with Gasteiger partial charge in [0, 0.05) is 38.7 Å². The molecule has 9 heteroatoms. The fraction of sp³-hybridized carbons (Fsp3) is 0.517. The first-order valence-electron chi connectivity index (χ1n) is 12.9. The number of ether oxygens (including phenoxy) is 3. The fourth-order valence-corrected chi connectivity index (χ4v) is 4.41. The van der Waals surface area contributed by atoms with Gasteiger partial charge in [0.05, 0.1) is 24.5 Å². The first-order valence-corrected chi connectivity index (χ1v) is 12.9. The highest BCUT2D eigenvalue weighted by Crippen LogP contribution is 2.34. The molecule has 38 heavy (non-hydrogen) atoms. The molecule has 0 atom stereocenters. The standard InChI is InChI=1S/C29H40N2O5.2ClH/c1-6-34-28(33)24-11-7-8-12-26(24)31-18-16-30(17-19-31)15-9-10-20-35-27-14-13-23(36-22(2)32)21-25(27)29(3,4)5;;/h7-8,11-14,21H,6,9-10,15-20H2,1-5H3;2*1H. The molecule has 0 aliphatic carbocycles. The van der Waals surface area contributed by atoms with Gasteiger partial charge in [-0.25, -0.2) is 4.79 Å². The lowest BCUT2D eigenvalue weighted by molar-refractivity contribution is -0.131. The van der Waals surface area contributed by atoms with Gasteiger partial charge in [0.25, 0.3) is 0 Å². The predicted octanol–water partition coefficient (Wildman–Crippen LogP) is 5.91. The summed E-state index contributed by atoms with van der Waals surface area (Å²) in [6, 6.07) is 13.3. The van der Waals surface area contributed by atoms with Crippen molar-refractivity contribution in [1.82, 2.24) is 4.90 Å². The van der Waals surface area contributed by atoms with Crippen molar-refractivity contribution in [2.75, 3.05) is 50.8 Å². The Morgan fingerprint density at radius 3 is 2.26 bits per heavy atom. The van der Waals surface area contributed by atoms with Crippen LogP contribution in [0.1, 0.15) is 63.4 Å². The molecule has 1 heterocycles. The van der Waals surface area contributed by atoms with Crippen molar-refractivity contribution in [3.8, 4) is 11.5 Å². The third-order valence-electron chi connectivity index (χ3n) is 6.26. The highest BCUT2D eigenvalue weighted by atomic mass is 35.5. The summed E-state index contributed by atoms with van der Waals surface area (Å²) in [4.78, 5) is 28.4. The number of para-hydroxylation sites is 1. The highest BCUT2D eigenvalue weighted by molar-refractivity contribution is 5.95. The second-order valence-electron chi connectivity index (χ2n) is 10.1. The molecule has 1 saturated heterocycles. The van der Waals surface area contributed by atoms with Crippen molar-refractivity contribution in [3.63, 3.8) is 0 Å². The zero-order chi connectivity index (χ0) is 26.1. The Balaban J connectivity index is 0.00000361. The van der Waals surface area contributed by atoms with E-state index in [1.807, 2.05) is 43.3 Å². The van der Waals surface area contributed by atoms with E-state index in [4.69, 9.17) is 14.2 Å². The summed E-state index contributed by atoms with van der Waals surface area (Å²) in [5.74, 6) is 0.801. The Bertz CT molecular complexity index is 1030. The van der Waals surface area contributed by atoms with Gasteiger partial charge in [-0.05, 0) is 62.1 Å². The molecule has 0 N–H and O–H groups in total. The minimum Gasteiger partial charge on any atom is -0.493 e. The van der Waals surface area contributed by atoms with Gasteiger partial charge in [-0.1, -0.05) is 32.9 Å². The molecule has 0 amide bonds. The van der Waals surface area contributed by atoms with Gasteiger partial charge in [-0.3, -0.25) is 9.69 Å². The Kier molecular flexibility index (Phi) is 14.0. The van der Waals surface area contributed by atoms with E-state index in [1.165, 1.54) is 6.92 Å². The smallest absolute Gasteiger partial charge is 0.340 e. The molecule has 0 aromatic heterocycles. The number of anilines is 1. The molecule has 0 unspecified atom stereocenters. The van der Waals surface area contributed by atoms with E-state index in [0.29, 0.717) is 24.5 Å². The van der Waals surface area contributed by atoms with Crippen LogP contribution in [0, 0.1) is 0 Å². The minimum atomic E-state index is -0.326. The number of esters is 2. The zero-order valence-corrected chi connectivity index (χ0v) is 24.8. The van der Waals surface area contributed by atoms with Gasteiger partial charge >= 0.3 is 11.9 Å². The lowest BCUT2D eigenvalue weighted by atomic mass is 9.86. The number of hydrogen-bond donors (Lipinski definition) is 0. The monoisotopic (exact) mass is 568 g/mol. The first kappa shape index (κ1) is 33.5. The molecule has 212 valence electrons. The molecule has 2 aromatic carbocycles. The van der Waals surface area contributed by atoms with Crippen molar-refractivity contribution < 1.29 is 23.8 Å². The van der Waals surface area contributed by atoms with Crippen molar-refractivity contribution in [1.29, 1.82) is 0 Å². The average Bonchev–Trinajstić information content (AvgIpc) is 2.84. The number of nitrogens with zero attached hydrogens (tertiary/aromatic N) is 2. The number of carbonyl (C=O) groups excluding carboxylic acids is 2. The van der Waals surface area contributed by atoms with E-state index in [-0.39, 0.29) is 42.2 Å². The molecule has 0 saturated carbocycles. The predicted molar refractivity (Wildman–Crippen MR) is 157 cm³/mol. The average molecular weight is 570 g/mol. The number of rotatable bonds is 10. The summed E-state index contributed by atoms with van der Waals surface area (Å²) >= 11 is 0. The van der Waals surface area contributed by atoms with Crippen LogP contribution in [0.15, 0.2) is 42.5 Å². The van der Waals surface area contributed by atoms with E-state index in [0.717, 1.165) is 62.6 Å². The number of piperazine rings is 1. The maximum absolute atomic E-state index is 12.3. The van der Waals surface area contributed by atoms with Crippen molar-refractivity contribution in [2.45, 2.75) is 52.9 Å². The van der Waals surface area contributed by atoms with Crippen LogP contribution in [-0.4, -0.2) is 62.8 Å². The third kappa shape index (κ3) is 9.68. The fourth-order valence-electron chi connectivity index (χ4n) is 4.41. The van der Waals surface area contributed by atoms with E-state index in [9.17, 15) is 9.59 Å². The molecule has 2 aromatic rings. The van der Waals surface area contributed by atoms with Gasteiger partial charge in [0.1, 0.15) is 11.5 Å². The summed E-state index contributed by atoms with van der Waals surface area (Å²) in [7, 11) is 0. The van der Waals surface area contributed by atoms with E-state index >= 15 is 0 Å². The Hall–Kier alpha value is -2.48. The van der Waals surface area contributed by atoms with Crippen molar-refractivity contribution in [3.05, 3.63) is 53.6 Å². The normalized spacial score (nSPS) is 13.7. The molecule has 1 aliphatic heterocycles. The molecule has 0 radical (unpaired) electrons. The quantitative estimate of drug-likeness (QED) is 0.200. The number of unbranched alkanes of at least 4 members (excludes halogenated alkanes) is 1. The van der Waals surface area contributed by atoms with E-state index < -0.39 is 0 Å². The van der Waals surface area contributed by atoms with Crippen LogP contribution >= 0.6 is 24.8 Å². The molecule has 7 nitrogen and oxygen atoms in total. The molecular weight excluding hydrogens is 527 g/mol. The number of carbonyl (C=O) groups is 2. The van der Waals surface area contributed by atoms with E-state index in [1.54, 1.807) is 6.07 Å². The number of benzene rings is 2. The van der Waals surface area contributed by atoms with Crippen LogP contribution in [0.2, 0.25) is 0 Å². The molecule has 1 fully saturated rings. The number of hydrogen-bond acceptors (Lipinski definition) is 7. The van der Waals surface area contributed by atoms with Gasteiger partial charge < -0.3 is 19.1 Å². The second kappa shape index (κ2) is 15.8. The topological polar surface area (TPSA) is 68.3 Å². The highest BCUT2D eigenvalue weighted by Gasteiger charge is 2.22. The summed E-state index contributed by atoms with van der Waals surface area (Å²) in [5.41, 5.74) is 2.50. The maximum Gasteiger partial charge on any atom is 0.340 e. The lowest BCUT2D eigenvalue weighted by Crippen LogP contribution is -2.47. The van der Waals surface area contributed by atoms with Crippen LogP contribution in [0.4, 0.5) is 5.69 Å². The first-order chi connectivity index (χ1) is 17.2. The molecule has 0 bridgehead atoms. The van der Waals surface area contributed by atoms with Crippen LogP contribution in [0.25, 0.3) is 0 Å². The minimum absolute atomic E-state index is 0. The third-order valence-corrected chi connectivity index (χ3v) is 6.26. The largest absolute Gasteiger partial charge is 0.493 e. The van der Waals surface area contributed by atoms with Gasteiger partial charge in [-0.15, -0.1) is 24.8 Å². The van der Waals surface area contributed by atoms with E-state index in [2.05, 4.69) is 30.6 Å². The summed E-state index contributed by atoms with van der Waals surface area (Å²) < 4.78 is 16.6. The molecule has 0 spiro atoms. The zero-order valence-electron chi connectivity index (χ0n) is 23.2. The summed E-state index contributed by atoms with van der Waals surface area (Å²) in [6.07, 6.45) is 2.01. The Morgan fingerprint density at radius 1 is 0.947 bits per heavy atom.